The molecule has 2 aromatic carbocycles. The quantitative estimate of drug-likeness (QED) is 0.632. The molecular formula is C14H11Br2ClFNO. The second-order valence-electron chi connectivity index (χ2n) is 4.27. The van der Waals surface area contributed by atoms with Crippen molar-refractivity contribution in [2.24, 2.45) is 5.73 Å². The lowest BCUT2D eigenvalue weighted by molar-refractivity contribution is 0.473. The maximum atomic E-state index is 13.5. The molecule has 0 saturated heterocycles. The fourth-order valence-corrected chi connectivity index (χ4v) is 3.09. The highest BCUT2D eigenvalue weighted by Gasteiger charge is 2.11. The van der Waals surface area contributed by atoms with E-state index in [0.717, 1.165) is 10.0 Å². The van der Waals surface area contributed by atoms with Gasteiger partial charge < -0.3 is 10.5 Å². The highest BCUT2D eigenvalue weighted by molar-refractivity contribution is 9.10. The summed E-state index contributed by atoms with van der Waals surface area (Å²) in [5.41, 5.74) is 6.81. The van der Waals surface area contributed by atoms with Gasteiger partial charge in [0.25, 0.3) is 0 Å². The van der Waals surface area contributed by atoms with Gasteiger partial charge >= 0.3 is 0 Å². The summed E-state index contributed by atoms with van der Waals surface area (Å²) in [6.45, 7) is 1.89. The number of benzene rings is 2. The van der Waals surface area contributed by atoms with Gasteiger partial charge in [0.05, 0.1) is 9.50 Å². The van der Waals surface area contributed by atoms with Gasteiger partial charge in [-0.3, -0.25) is 0 Å². The van der Waals surface area contributed by atoms with E-state index in [9.17, 15) is 4.39 Å². The molecule has 2 nitrogen and oxygen atoms in total. The van der Waals surface area contributed by atoms with Crippen LogP contribution in [0, 0.1) is 5.82 Å². The van der Waals surface area contributed by atoms with Gasteiger partial charge in [-0.2, -0.15) is 0 Å². The molecule has 0 spiro atoms. The van der Waals surface area contributed by atoms with Gasteiger partial charge in [-0.1, -0.05) is 33.6 Å². The van der Waals surface area contributed by atoms with Gasteiger partial charge in [0.2, 0.25) is 0 Å². The van der Waals surface area contributed by atoms with E-state index < -0.39 is 5.82 Å². The Bertz CT molecular complexity index is 649. The zero-order valence-corrected chi connectivity index (χ0v) is 14.4. The Kier molecular flexibility index (Phi) is 5.07. The van der Waals surface area contributed by atoms with E-state index in [1.54, 1.807) is 12.1 Å². The average molecular weight is 424 g/mol. The van der Waals surface area contributed by atoms with Crippen molar-refractivity contribution in [1.82, 2.24) is 0 Å². The zero-order chi connectivity index (χ0) is 14.9. The minimum atomic E-state index is -0.531. The molecule has 2 rings (SSSR count). The highest BCUT2D eigenvalue weighted by Crippen LogP contribution is 2.35. The SMILES string of the molecule is C[C@H](N)c1ccc(Oc2cc(F)c(Cl)cc2Br)cc1Br. The van der Waals surface area contributed by atoms with Crippen LogP contribution in [0.5, 0.6) is 11.5 Å². The summed E-state index contributed by atoms with van der Waals surface area (Å²) >= 11 is 12.4. The standard InChI is InChI=1S/C14H11Br2ClFNO/c1-7(19)9-3-2-8(4-10(9)15)20-14-6-13(18)12(17)5-11(14)16/h2-7H,19H2,1H3/t7-/m0/s1. The Morgan fingerprint density at radius 2 is 1.90 bits per heavy atom. The molecule has 106 valence electrons. The van der Waals surface area contributed by atoms with Crippen molar-refractivity contribution in [2.45, 2.75) is 13.0 Å². The zero-order valence-electron chi connectivity index (χ0n) is 10.5. The Hall–Kier alpha value is -0.620. The van der Waals surface area contributed by atoms with Gasteiger partial charge in [-0.15, -0.1) is 0 Å². The molecular weight excluding hydrogens is 412 g/mol. The van der Waals surface area contributed by atoms with E-state index in [1.807, 2.05) is 13.0 Å². The van der Waals surface area contributed by atoms with Crippen molar-refractivity contribution < 1.29 is 9.13 Å². The van der Waals surface area contributed by atoms with Crippen molar-refractivity contribution in [1.29, 1.82) is 0 Å². The number of halogens is 4. The lowest BCUT2D eigenvalue weighted by Gasteiger charge is -2.12. The average Bonchev–Trinajstić information content (AvgIpc) is 2.35. The molecule has 0 aliphatic rings. The first-order valence-electron chi connectivity index (χ1n) is 5.76. The van der Waals surface area contributed by atoms with Crippen LogP contribution in [0.2, 0.25) is 5.02 Å². The summed E-state index contributed by atoms with van der Waals surface area (Å²) in [5.74, 6) is 0.396. The summed E-state index contributed by atoms with van der Waals surface area (Å²) in [6, 6.07) is 8.04. The van der Waals surface area contributed by atoms with Gasteiger partial charge in [-0.05, 0) is 46.6 Å². The van der Waals surface area contributed by atoms with Gasteiger partial charge in [-0.25, -0.2) is 4.39 Å². The number of hydrogen-bond acceptors (Lipinski definition) is 2. The molecule has 0 bridgehead atoms. The molecule has 0 amide bonds. The largest absolute Gasteiger partial charge is 0.456 e. The highest BCUT2D eigenvalue weighted by atomic mass is 79.9. The van der Waals surface area contributed by atoms with Crippen molar-refractivity contribution in [3.05, 3.63) is 55.7 Å². The fraction of sp³-hybridized carbons (Fsp3) is 0.143. The number of ether oxygens (including phenoxy) is 1. The van der Waals surface area contributed by atoms with Gasteiger partial charge in [0.1, 0.15) is 17.3 Å². The maximum Gasteiger partial charge on any atom is 0.145 e. The summed E-state index contributed by atoms with van der Waals surface area (Å²) in [6.07, 6.45) is 0. The van der Waals surface area contributed by atoms with Gasteiger partial charge in [0.15, 0.2) is 0 Å². The number of hydrogen-bond donors (Lipinski definition) is 1. The first-order valence-corrected chi connectivity index (χ1v) is 7.72. The summed E-state index contributed by atoms with van der Waals surface area (Å²) in [4.78, 5) is 0. The van der Waals surface area contributed by atoms with E-state index in [4.69, 9.17) is 22.1 Å². The molecule has 20 heavy (non-hydrogen) atoms. The van der Waals surface area contributed by atoms with Crippen molar-refractivity contribution in [2.75, 3.05) is 0 Å². The van der Waals surface area contributed by atoms with E-state index in [1.165, 1.54) is 12.1 Å². The lowest BCUT2D eigenvalue weighted by atomic mass is 10.1. The molecule has 2 N–H and O–H groups in total. The third kappa shape index (κ3) is 3.52. The molecule has 0 heterocycles. The van der Waals surface area contributed by atoms with E-state index in [-0.39, 0.29) is 11.1 Å². The molecule has 0 unspecified atom stereocenters. The fourth-order valence-electron chi connectivity index (χ4n) is 1.65. The topological polar surface area (TPSA) is 35.2 Å². The maximum absolute atomic E-state index is 13.5. The number of rotatable bonds is 3. The second kappa shape index (κ2) is 6.43. The molecule has 0 aromatic heterocycles. The summed E-state index contributed by atoms with van der Waals surface area (Å²) < 4.78 is 20.5. The minimum absolute atomic E-state index is 0.0395. The van der Waals surface area contributed by atoms with Crippen LogP contribution in [0.25, 0.3) is 0 Å². The van der Waals surface area contributed by atoms with Crippen molar-refractivity contribution in [3.63, 3.8) is 0 Å². The molecule has 1 atom stereocenters. The smallest absolute Gasteiger partial charge is 0.145 e. The van der Waals surface area contributed by atoms with E-state index in [2.05, 4.69) is 31.9 Å². The third-order valence-corrected chi connectivity index (χ3v) is 4.26. The van der Waals surface area contributed by atoms with Crippen LogP contribution in [0.3, 0.4) is 0 Å². The second-order valence-corrected chi connectivity index (χ2v) is 6.39. The van der Waals surface area contributed by atoms with Crippen LogP contribution >= 0.6 is 43.5 Å². The van der Waals surface area contributed by atoms with Crippen LogP contribution in [0.4, 0.5) is 4.39 Å². The molecule has 0 fully saturated rings. The summed E-state index contributed by atoms with van der Waals surface area (Å²) in [7, 11) is 0. The van der Waals surface area contributed by atoms with E-state index in [0.29, 0.717) is 16.0 Å². The monoisotopic (exact) mass is 421 g/mol. The van der Waals surface area contributed by atoms with Gasteiger partial charge in [0, 0.05) is 16.6 Å². The summed E-state index contributed by atoms with van der Waals surface area (Å²) in [5, 5.41) is 0.0395. The molecule has 6 heteroatoms. The van der Waals surface area contributed by atoms with Crippen LogP contribution in [0.15, 0.2) is 39.3 Å². The lowest BCUT2D eigenvalue weighted by Crippen LogP contribution is -2.05. The van der Waals surface area contributed by atoms with Crippen molar-refractivity contribution in [3.8, 4) is 11.5 Å². The first-order chi connectivity index (χ1) is 9.38. The normalized spacial score (nSPS) is 12.3. The predicted molar refractivity (Wildman–Crippen MR) is 85.9 cm³/mol. The Morgan fingerprint density at radius 1 is 1.20 bits per heavy atom. The Morgan fingerprint density at radius 3 is 2.50 bits per heavy atom. The van der Waals surface area contributed by atoms with Crippen LogP contribution in [-0.4, -0.2) is 0 Å². The van der Waals surface area contributed by atoms with Crippen molar-refractivity contribution >= 4 is 43.5 Å². The first kappa shape index (κ1) is 15.8. The molecule has 0 saturated carbocycles. The third-order valence-electron chi connectivity index (χ3n) is 2.67. The molecule has 0 radical (unpaired) electrons. The number of nitrogens with two attached hydrogens (primary N) is 1. The minimum Gasteiger partial charge on any atom is -0.456 e. The molecule has 0 aliphatic heterocycles. The van der Waals surface area contributed by atoms with Crippen LogP contribution in [-0.2, 0) is 0 Å². The Labute approximate surface area is 138 Å². The van der Waals surface area contributed by atoms with Crippen LogP contribution in [0.1, 0.15) is 18.5 Å². The van der Waals surface area contributed by atoms with E-state index >= 15 is 0 Å². The molecule has 0 aliphatic carbocycles. The van der Waals surface area contributed by atoms with Crippen LogP contribution < -0.4 is 10.5 Å². The Balaban J connectivity index is 2.31. The molecule has 2 aromatic rings. The predicted octanol–water partition coefficient (Wildman–Crippen LogP) is 5.82.